The van der Waals surface area contributed by atoms with Gasteiger partial charge in [0.1, 0.15) is 0 Å². The lowest BCUT2D eigenvalue weighted by atomic mass is 10.2. The van der Waals surface area contributed by atoms with Gasteiger partial charge in [-0.05, 0) is 54.2 Å². The number of nitrogens with one attached hydrogen (secondary N) is 1. The highest BCUT2D eigenvalue weighted by Gasteiger charge is 2.22. The Bertz CT molecular complexity index is 1140. The van der Waals surface area contributed by atoms with E-state index < -0.39 is 15.7 Å². The first-order valence-electron chi connectivity index (χ1n) is 8.91. The number of sulfone groups is 1. The summed E-state index contributed by atoms with van der Waals surface area (Å²) in [6.07, 6.45) is 1.29. The molecule has 3 rings (SSSR count). The van der Waals surface area contributed by atoms with Crippen molar-refractivity contribution in [2.75, 3.05) is 19.4 Å². The van der Waals surface area contributed by atoms with E-state index in [1.54, 1.807) is 56.6 Å². The highest BCUT2D eigenvalue weighted by Crippen LogP contribution is 2.24. The Morgan fingerprint density at radius 2 is 1.67 bits per heavy atom. The molecule has 30 heavy (non-hydrogen) atoms. The zero-order valence-corrected chi connectivity index (χ0v) is 18.0. The summed E-state index contributed by atoms with van der Waals surface area (Å²) in [7, 11) is -0.276. The van der Waals surface area contributed by atoms with E-state index in [4.69, 9.17) is 4.42 Å². The second-order valence-corrected chi connectivity index (χ2v) is 9.60. The molecule has 0 atom stereocenters. The molecule has 1 N–H and O–H groups in total. The monoisotopic (exact) mass is 444 g/mol. The first-order valence-corrected chi connectivity index (χ1v) is 11.4. The van der Waals surface area contributed by atoms with Crippen molar-refractivity contribution in [3.05, 3.63) is 78.3 Å². The molecule has 0 saturated carbocycles. The van der Waals surface area contributed by atoms with Gasteiger partial charge in [0.25, 0.3) is 11.1 Å². The average molecular weight is 445 g/mol. The van der Waals surface area contributed by atoms with E-state index in [1.165, 1.54) is 29.4 Å². The zero-order valence-electron chi connectivity index (χ0n) is 16.4. The number of carbonyl (C=O) groups is 2. The van der Waals surface area contributed by atoms with Crippen LogP contribution in [0.2, 0.25) is 0 Å². The molecule has 156 valence electrons. The van der Waals surface area contributed by atoms with E-state index in [1.807, 2.05) is 0 Å². The molecular formula is C21H20N2O5S2. The molecule has 0 unspecified atom stereocenters. The third kappa shape index (κ3) is 5.31. The topological polar surface area (TPSA) is 96.7 Å². The number of hydrogen-bond donors (Lipinski definition) is 1. The lowest BCUT2D eigenvalue weighted by molar-refractivity contribution is 0.0995. The van der Waals surface area contributed by atoms with Crippen LogP contribution in [0, 0.1) is 0 Å². The van der Waals surface area contributed by atoms with Gasteiger partial charge in [0.05, 0.1) is 16.9 Å². The second-order valence-electron chi connectivity index (χ2n) is 6.59. The highest BCUT2D eigenvalue weighted by molar-refractivity contribution is 8.13. The van der Waals surface area contributed by atoms with Crippen LogP contribution in [0.4, 0.5) is 10.5 Å². The van der Waals surface area contributed by atoms with Crippen LogP contribution >= 0.6 is 11.8 Å². The van der Waals surface area contributed by atoms with Gasteiger partial charge < -0.3 is 14.6 Å². The van der Waals surface area contributed by atoms with E-state index in [9.17, 15) is 18.0 Å². The second kappa shape index (κ2) is 9.19. The number of rotatable bonds is 6. The number of furan rings is 1. The van der Waals surface area contributed by atoms with Gasteiger partial charge in [-0.1, -0.05) is 18.2 Å². The molecule has 7 nitrogen and oxygen atoms in total. The summed E-state index contributed by atoms with van der Waals surface area (Å²) < 4.78 is 30.5. The lowest BCUT2D eigenvalue weighted by Gasteiger charge is -2.10. The molecule has 0 bridgehead atoms. The molecular weight excluding hydrogens is 424 g/mol. The van der Waals surface area contributed by atoms with Crippen LogP contribution in [0.15, 0.2) is 81.1 Å². The van der Waals surface area contributed by atoms with Gasteiger partial charge in [-0.15, -0.1) is 0 Å². The molecule has 0 aliphatic rings. The van der Waals surface area contributed by atoms with Crippen LogP contribution in [0.3, 0.4) is 0 Å². The Morgan fingerprint density at radius 3 is 2.30 bits per heavy atom. The molecule has 2 aromatic carbocycles. The summed E-state index contributed by atoms with van der Waals surface area (Å²) in [5, 5.41) is 2.58. The van der Waals surface area contributed by atoms with Gasteiger partial charge >= 0.3 is 0 Å². The fraction of sp³-hybridized carbons (Fsp3) is 0.143. The van der Waals surface area contributed by atoms with Crippen molar-refractivity contribution >= 4 is 38.4 Å². The summed E-state index contributed by atoms with van der Waals surface area (Å²) in [5.74, 6) is -0.961. The maximum atomic E-state index is 12.6. The number of carbonyl (C=O) groups excluding carboxylic acids is 2. The van der Waals surface area contributed by atoms with Gasteiger partial charge in [-0.2, -0.15) is 0 Å². The maximum absolute atomic E-state index is 12.6. The first-order chi connectivity index (χ1) is 14.3. The van der Waals surface area contributed by atoms with E-state index in [2.05, 4.69) is 5.32 Å². The number of anilines is 1. The smallest absolute Gasteiger partial charge is 0.291 e. The van der Waals surface area contributed by atoms with E-state index in [-0.39, 0.29) is 27.2 Å². The Balaban J connectivity index is 1.70. The van der Waals surface area contributed by atoms with Gasteiger partial charge in [-0.25, -0.2) is 8.42 Å². The van der Waals surface area contributed by atoms with Gasteiger partial charge in [0, 0.05) is 30.2 Å². The number of hydrogen-bond acceptors (Lipinski definition) is 6. The molecule has 0 radical (unpaired) electrons. The minimum absolute atomic E-state index is 0.0595. The minimum Gasteiger partial charge on any atom is -0.459 e. The van der Waals surface area contributed by atoms with Crippen molar-refractivity contribution < 1.29 is 22.4 Å². The minimum atomic E-state index is -3.62. The highest BCUT2D eigenvalue weighted by atomic mass is 32.2. The van der Waals surface area contributed by atoms with E-state index in [0.29, 0.717) is 5.69 Å². The van der Waals surface area contributed by atoms with Crippen LogP contribution in [0.1, 0.15) is 16.1 Å². The average Bonchev–Trinajstić information content (AvgIpc) is 3.17. The molecule has 0 spiro atoms. The van der Waals surface area contributed by atoms with Crippen LogP contribution in [0.25, 0.3) is 0 Å². The molecule has 0 aliphatic carbocycles. The molecule has 0 aliphatic heterocycles. The summed E-state index contributed by atoms with van der Waals surface area (Å²) >= 11 is 1.07. The van der Waals surface area contributed by atoms with Crippen molar-refractivity contribution in [3.8, 4) is 0 Å². The predicted octanol–water partition coefficient (Wildman–Crippen LogP) is 4.28. The van der Waals surface area contributed by atoms with Crippen molar-refractivity contribution in [2.45, 2.75) is 15.5 Å². The summed E-state index contributed by atoms with van der Waals surface area (Å²) in [5.41, 5.74) is 0.773. The SMILES string of the molecule is CN(C)C(=O)Sc1ccc(NC(=O)c2occc2CS(=O)(=O)c2ccccc2)cc1. The van der Waals surface area contributed by atoms with Crippen molar-refractivity contribution in [1.29, 1.82) is 0 Å². The van der Waals surface area contributed by atoms with Gasteiger partial charge in [-0.3, -0.25) is 9.59 Å². The molecule has 1 aromatic heterocycles. The van der Waals surface area contributed by atoms with Crippen LogP contribution in [0.5, 0.6) is 0 Å². The standard InChI is InChI=1S/C21H20N2O5S2/c1-23(2)21(25)29-17-10-8-16(9-11-17)22-20(24)19-15(12-13-28-19)14-30(26,27)18-6-4-3-5-7-18/h3-13H,14H2,1-2H3,(H,22,24). The number of nitrogens with zero attached hydrogens (tertiary/aromatic N) is 1. The summed E-state index contributed by atoms with van der Waals surface area (Å²) in [6.45, 7) is 0. The Kier molecular flexibility index (Phi) is 6.63. The number of amides is 2. The van der Waals surface area contributed by atoms with Crippen LogP contribution < -0.4 is 5.32 Å². The fourth-order valence-electron chi connectivity index (χ4n) is 2.55. The Labute approximate surface area is 179 Å². The maximum Gasteiger partial charge on any atom is 0.291 e. The molecule has 0 saturated heterocycles. The Morgan fingerprint density at radius 1 is 1.00 bits per heavy atom. The van der Waals surface area contributed by atoms with Crippen LogP contribution in [-0.4, -0.2) is 38.6 Å². The zero-order chi connectivity index (χ0) is 21.7. The first kappa shape index (κ1) is 21.7. The summed E-state index contributed by atoms with van der Waals surface area (Å²) in [4.78, 5) is 26.7. The van der Waals surface area contributed by atoms with Crippen molar-refractivity contribution in [3.63, 3.8) is 0 Å². The summed E-state index contributed by atoms with van der Waals surface area (Å²) in [6, 6.07) is 16.3. The predicted molar refractivity (Wildman–Crippen MR) is 115 cm³/mol. The largest absolute Gasteiger partial charge is 0.459 e. The lowest BCUT2D eigenvalue weighted by Crippen LogP contribution is -2.16. The van der Waals surface area contributed by atoms with Gasteiger partial charge in [0.15, 0.2) is 15.6 Å². The normalized spacial score (nSPS) is 11.1. The molecule has 2 amide bonds. The third-order valence-corrected chi connectivity index (χ3v) is 6.81. The Hall–Kier alpha value is -3.04. The molecule has 9 heteroatoms. The molecule has 0 fully saturated rings. The molecule has 1 heterocycles. The van der Waals surface area contributed by atoms with Crippen LogP contribution in [-0.2, 0) is 15.6 Å². The van der Waals surface area contributed by atoms with E-state index >= 15 is 0 Å². The number of thioether (sulfide) groups is 1. The quantitative estimate of drug-likeness (QED) is 0.570. The fourth-order valence-corrected chi connectivity index (χ4v) is 4.58. The third-order valence-electron chi connectivity index (χ3n) is 4.08. The van der Waals surface area contributed by atoms with Crippen molar-refractivity contribution in [2.24, 2.45) is 0 Å². The number of benzene rings is 2. The van der Waals surface area contributed by atoms with E-state index in [0.717, 1.165) is 16.7 Å². The van der Waals surface area contributed by atoms with Crippen molar-refractivity contribution in [1.82, 2.24) is 4.90 Å². The molecule has 3 aromatic rings. The van der Waals surface area contributed by atoms with Gasteiger partial charge in [0.2, 0.25) is 0 Å².